The predicted molar refractivity (Wildman–Crippen MR) is 197 cm³/mol. The van der Waals surface area contributed by atoms with E-state index in [2.05, 4.69) is 16.0 Å². The standard InChI is InChI=1S/C43H27N3O7/c47-37-30-20-32-33(42(51)46(41(32)50)35-19-26(24-10-4-5-11-24)14-16-28(35)25-12-6-7-13-25)21-31(30)38(48)36(37)39-44-34-18-27(15-17-29(34)40(49)45-39)43(52)53-22-23-8-2-1-3-9-23/h1-4,6-12,14-21,36H,5,13,22H2,(H,44,45,49). The summed E-state index contributed by atoms with van der Waals surface area (Å²) in [5, 5.41) is 0.145. The van der Waals surface area contributed by atoms with Gasteiger partial charge in [0.25, 0.3) is 17.4 Å². The number of nitrogens with zero attached hydrogens (tertiary/aromatic N) is 2. The highest BCUT2D eigenvalue weighted by Gasteiger charge is 2.46. The molecule has 0 unspecified atom stereocenters. The first kappa shape index (κ1) is 31.9. The first-order valence-corrected chi connectivity index (χ1v) is 17.0. The predicted octanol–water partition coefficient (Wildman–Crippen LogP) is 6.93. The van der Waals surface area contributed by atoms with Gasteiger partial charge < -0.3 is 9.72 Å². The fraction of sp³-hybridized carbons (Fsp3) is 0.0930. The molecule has 3 aliphatic carbocycles. The summed E-state index contributed by atoms with van der Waals surface area (Å²) in [6.07, 6.45) is 13.4. The van der Waals surface area contributed by atoms with Gasteiger partial charge in [-0.15, -0.1) is 0 Å². The van der Waals surface area contributed by atoms with Crippen LogP contribution in [-0.4, -0.2) is 39.3 Å². The maximum absolute atomic E-state index is 14.1. The van der Waals surface area contributed by atoms with E-state index in [9.17, 15) is 28.8 Å². The Kier molecular flexibility index (Phi) is 7.40. The van der Waals surface area contributed by atoms with Gasteiger partial charge in [0.05, 0.1) is 33.3 Å². The van der Waals surface area contributed by atoms with Crippen LogP contribution in [-0.2, 0) is 11.3 Å². The fourth-order valence-corrected chi connectivity index (χ4v) is 7.31. The molecule has 1 aliphatic heterocycles. The number of imide groups is 1. The van der Waals surface area contributed by atoms with Crippen molar-refractivity contribution >= 4 is 57.1 Å². The number of hydrogen-bond donors (Lipinski definition) is 1. The number of anilines is 1. The van der Waals surface area contributed by atoms with Crippen LogP contribution in [0.15, 0.2) is 120 Å². The van der Waals surface area contributed by atoms with Crippen LogP contribution in [0.25, 0.3) is 22.0 Å². The number of amides is 2. The highest BCUT2D eigenvalue weighted by atomic mass is 16.5. The Bertz CT molecular complexity index is 2640. The molecule has 10 nitrogen and oxygen atoms in total. The zero-order valence-electron chi connectivity index (χ0n) is 27.9. The summed E-state index contributed by atoms with van der Waals surface area (Å²) in [6, 6.07) is 21.7. The van der Waals surface area contributed by atoms with Crippen molar-refractivity contribution in [3.63, 3.8) is 0 Å². The van der Waals surface area contributed by atoms with E-state index in [0.29, 0.717) is 12.1 Å². The molecule has 1 aromatic heterocycles. The summed E-state index contributed by atoms with van der Waals surface area (Å²) in [5.41, 5.74) is 4.27. The summed E-state index contributed by atoms with van der Waals surface area (Å²) in [4.78, 5) is 90.2. The van der Waals surface area contributed by atoms with Gasteiger partial charge in [-0.3, -0.25) is 24.0 Å². The molecule has 5 aromatic rings. The average Bonchev–Trinajstić information content (AvgIpc) is 3.99. The number of hydrogen-bond acceptors (Lipinski definition) is 8. The van der Waals surface area contributed by atoms with Crippen LogP contribution in [0.1, 0.15) is 93.1 Å². The fourth-order valence-electron chi connectivity index (χ4n) is 7.31. The topological polar surface area (TPSA) is 144 Å². The van der Waals surface area contributed by atoms with E-state index < -0.39 is 40.8 Å². The molecule has 256 valence electrons. The number of aromatic nitrogens is 2. The average molecular weight is 698 g/mol. The lowest BCUT2D eigenvalue weighted by molar-refractivity contribution is 0.0472. The first-order chi connectivity index (χ1) is 25.8. The number of esters is 1. The molecule has 53 heavy (non-hydrogen) atoms. The molecule has 1 N–H and O–H groups in total. The van der Waals surface area contributed by atoms with Crippen molar-refractivity contribution in [1.29, 1.82) is 0 Å². The van der Waals surface area contributed by atoms with E-state index in [4.69, 9.17) is 4.74 Å². The highest BCUT2D eigenvalue weighted by Crippen LogP contribution is 2.41. The van der Waals surface area contributed by atoms with E-state index in [1.165, 1.54) is 30.3 Å². The summed E-state index contributed by atoms with van der Waals surface area (Å²) < 4.78 is 5.42. The minimum Gasteiger partial charge on any atom is -0.457 e. The molecule has 4 aromatic carbocycles. The number of carbonyl (C=O) groups excluding carboxylic acids is 5. The van der Waals surface area contributed by atoms with Crippen LogP contribution in [0.2, 0.25) is 0 Å². The summed E-state index contributed by atoms with van der Waals surface area (Å²) in [6.45, 7) is 0.0425. The molecule has 0 atom stereocenters. The lowest BCUT2D eigenvalue weighted by atomic mass is 9.97. The number of H-pyrrole nitrogens is 1. The second-order valence-electron chi connectivity index (χ2n) is 13.1. The van der Waals surface area contributed by atoms with E-state index in [1.54, 1.807) is 0 Å². The minimum atomic E-state index is -1.52. The highest BCUT2D eigenvalue weighted by molar-refractivity contribution is 6.37. The van der Waals surface area contributed by atoms with Gasteiger partial charge in [-0.05, 0) is 71.5 Å². The number of rotatable bonds is 7. The molecule has 0 radical (unpaired) electrons. The molecular formula is C43H27N3O7. The van der Waals surface area contributed by atoms with Crippen molar-refractivity contribution in [2.45, 2.75) is 25.4 Å². The lowest BCUT2D eigenvalue weighted by Gasteiger charge is -2.20. The van der Waals surface area contributed by atoms with Crippen LogP contribution >= 0.6 is 0 Å². The number of aromatic amines is 1. The quantitative estimate of drug-likeness (QED) is 0.110. The number of fused-ring (bicyclic) bond motifs is 3. The normalized spacial score (nSPS) is 16.1. The van der Waals surface area contributed by atoms with Gasteiger partial charge in [0.1, 0.15) is 18.3 Å². The maximum Gasteiger partial charge on any atom is 0.338 e. The first-order valence-electron chi connectivity index (χ1n) is 17.0. The van der Waals surface area contributed by atoms with Crippen LogP contribution in [0.4, 0.5) is 5.69 Å². The molecule has 2 amide bonds. The number of benzene rings is 4. The number of allylic oxidation sites excluding steroid dienone is 8. The summed E-state index contributed by atoms with van der Waals surface area (Å²) in [7, 11) is 0. The number of carbonyl (C=O) groups is 5. The molecule has 0 bridgehead atoms. The minimum absolute atomic E-state index is 0.00373. The SMILES string of the molecule is O=C(OCc1ccccc1)c1ccc2c(=O)[nH]c(C3C(=O)c4cc5c(cc4C3=O)C(=O)N(c3cc(C4=CCC=C4)ccc3C3=CC=CC3)C5=O)nc2c1. The zero-order valence-corrected chi connectivity index (χ0v) is 27.9. The monoisotopic (exact) mass is 697 g/mol. The van der Waals surface area contributed by atoms with Crippen LogP contribution in [0.3, 0.4) is 0 Å². The van der Waals surface area contributed by atoms with Gasteiger partial charge in [-0.2, -0.15) is 0 Å². The van der Waals surface area contributed by atoms with Gasteiger partial charge in [-0.25, -0.2) is 14.7 Å². The van der Waals surface area contributed by atoms with E-state index in [1.807, 2.05) is 78.9 Å². The van der Waals surface area contributed by atoms with Crippen molar-refractivity contribution in [1.82, 2.24) is 9.97 Å². The van der Waals surface area contributed by atoms with Crippen LogP contribution < -0.4 is 10.5 Å². The zero-order chi connectivity index (χ0) is 36.4. The van der Waals surface area contributed by atoms with Crippen molar-refractivity contribution in [3.05, 3.63) is 176 Å². The second-order valence-corrected chi connectivity index (χ2v) is 13.1. The molecule has 0 spiro atoms. The molecule has 0 saturated carbocycles. The number of Topliss-reactive ketones (excluding diaryl/α,β-unsaturated/α-hetero) is 2. The molecule has 4 aliphatic rings. The third kappa shape index (κ3) is 5.22. The van der Waals surface area contributed by atoms with Crippen molar-refractivity contribution < 1.29 is 28.7 Å². The Labute approximate surface area is 301 Å². The molecule has 2 heterocycles. The Morgan fingerprint density at radius 2 is 1.57 bits per heavy atom. The van der Waals surface area contributed by atoms with Gasteiger partial charge in [0.2, 0.25) is 0 Å². The maximum atomic E-state index is 14.1. The third-order valence-electron chi connectivity index (χ3n) is 9.99. The molecule has 0 saturated heterocycles. The molecule has 10 heteroatoms. The van der Waals surface area contributed by atoms with Crippen molar-refractivity contribution in [2.24, 2.45) is 0 Å². The Hall–Kier alpha value is -7.07. The lowest BCUT2D eigenvalue weighted by Crippen LogP contribution is -2.30. The van der Waals surface area contributed by atoms with Crippen molar-refractivity contribution in [3.8, 4) is 0 Å². The number of ether oxygens (including phenoxy) is 1. The Morgan fingerprint density at radius 3 is 2.25 bits per heavy atom. The largest absolute Gasteiger partial charge is 0.457 e. The van der Waals surface area contributed by atoms with Crippen LogP contribution in [0, 0.1) is 0 Å². The summed E-state index contributed by atoms with van der Waals surface area (Å²) in [5.74, 6) is -4.92. The van der Waals surface area contributed by atoms with E-state index in [-0.39, 0.29) is 51.2 Å². The number of ketones is 2. The summed E-state index contributed by atoms with van der Waals surface area (Å²) >= 11 is 0. The molecular weight excluding hydrogens is 670 g/mol. The van der Waals surface area contributed by atoms with Gasteiger partial charge in [0, 0.05) is 16.7 Å². The third-order valence-corrected chi connectivity index (χ3v) is 9.99. The van der Waals surface area contributed by atoms with Gasteiger partial charge in [-0.1, -0.05) is 78.9 Å². The van der Waals surface area contributed by atoms with Crippen molar-refractivity contribution in [2.75, 3.05) is 4.90 Å². The molecule has 0 fully saturated rings. The van der Waals surface area contributed by atoms with E-state index in [0.717, 1.165) is 39.2 Å². The number of nitrogens with one attached hydrogen (secondary N) is 1. The Balaban J connectivity index is 1.04. The van der Waals surface area contributed by atoms with Crippen LogP contribution in [0.5, 0.6) is 0 Å². The Morgan fingerprint density at radius 1 is 0.811 bits per heavy atom. The van der Waals surface area contributed by atoms with Gasteiger partial charge >= 0.3 is 5.97 Å². The molecule has 9 rings (SSSR count). The smallest absolute Gasteiger partial charge is 0.338 e. The van der Waals surface area contributed by atoms with Gasteiger partial charge in [0.15, 0.2) is 11.6 Å². The second kappa shape index (κ2) is 12.3. The van der Waals surface area contributed by atoms with E-state index >= 15 is 0 Å².